The monoisotopic (exact) mass is 174 g/mol. The minimum atomic E-state index is -0.966. The van der Waals surface area contributed by atoms with Crippen molar-refractivity contribution < 1.29 is 19.8 Å². The zero-order valence-corrected chi connectivity index (χ0v) is 6.30. The lowest BCUT2D eigenvalue weighted by molar-refractivity contribution is -0.130. The highest BCUT2D eigenvalue weighted by molar-refractivity contribution is 5.94. The summed E-state index contributed by atoms with van der Waals surface area (Å²) in [7, 11) is 0. The summed E-state index contributed by atoms with van der Waals surface area (Å²) in [5.41, 5.74) is 4.79. The lowest BCUT2D eigenvalue weighted by Crippen LogP contribution is -2.42. The molecule has 0 rings (SSSR count). The average molecular weight is 174 g/mol. The number of primary amides is 1. The van der Waals surface area contributed by atoms with E-state index in [0.29, 0.717) is 11.2 Å². The first kappa shape index (κ1) is 10.4. The van der Waals surface area contributed by atoms with Crippen LogP contribution in [0.5, 0.6) is 0 Å². The maximum Gasteiger partial charge on any atom is 0.321 e. The number of carbonyl (C=O) groups is 2. The number of carbonyl (C=O) groups excluding carboxylic acids is 2. The van der Waals surface area contributed by atoms with Gasteiger partial charge in [0.1, 0.15) is 6.61 Å². The number of amides is 3. The minimum absolute atomic E-state index is 0.148. The SMILES string of the molecule is NC(=O)N(CC=CO)C(=O)CO. The van der Waals surface area contributed by atoms with Crippen molar-refractivity contribution in [2.24, 2.45) is 5.73 Å². The zero-order chi connectivity index (χ0) is 9.56. The Bertz CT molecular complexity index is 202. The molecule has 0 spiro atoms. The summed E-state index contributed by atoms with van der Waals surface area (Å²) in [4.78, 5) is 21.8. The summed E-state index contributed by atoms with van der Waals surface area (Å²) in [6.07, 6.45) is 1.83. The van der Waals surface area contributed by atoms with Crippen LogP contribution in [0.4, 0.5) is 4.79 Å². The van der Waals surface area contributed by atoms with Crippen LogP contribution in [0.2, 0.25) is 0 Å². The topological polar surface area (TPSA) is 104 Å². The molecule has 0 atom stereocenters. The van der Waals surface area contributed by atoms with Crippen LogP contribution >= 0.6 is 0 Å². The first-order valence-electron chi connectivity index (χ1n) is 3.13. The Morgan fingerprint density at radius 2 is 2.08 bits per heavy atom. The van der Waals surface area contributed by atoms with E-state index in [4.69, 9.17) is 15.9 Å². The summed E-state index contributed by atoms with van der Waals surface area (Å²) in [6.45, 7) is -0.937. The van der Waals surface area contributed by atoms with Gasteiger partial charge < -0.3 is 15.9 Å². The summed E-state index contributed by atoms with van der Waals surface area (Å²) < 4.78 is 0. The lowest BCUT2D eigenvalue weighted by Gasteiger charge is -2.14. The molecule has 0 saturated heterocycles. The van der Waals surface area contributed by atoms with E-state index in [1.165, 1.54) is 0 Å². The molecule has 0 aromatic rings. The quantitative estimate of drug-likeness (QED) is 0.475. The Hall–Kier alpha value is -1.56. The Balaban J connectivity index is 4.23. The molecule has 0 aliphatic heterocycles. The van der Waals surface area contributed by atoms with Crippen molar-refractivity contribution in [1.82, 2.24) is 4.90 Å². The van der Waals surface area contributed by atoms with Crippen molar-refractivity contribution in [1.29, 1.82) is 0 Å². The second-order valence-electron chi connectivity index (χ2n) is 1.89. The molecule has 0 aliphatic rings. The van der Waals surface area contributed by atoms with E-state index in [9.17, 15) is 9.59 Å². The van der Waals surface area contributed by atoms with Crippen LogP contribution in [-0.4, -0.2) is 40.2 Å². The number of hydrogen-bond acceptors (Lipinski definition) is 4. The second kappa shape index (κ2) is 5.14. The first-order chi connectivity index (χ1) is 5.63. The molecule has 0 radical (unpaired) electrons. The minimum Gasteiger partial charge on any atom is -0.516 e. The Kier molecular flexibility index (Phi) is 4.47. The van der Waals surface area contributed by atoms with E-state index in [-0.39, 0.29) is 6.54 Å². The Labute approximate surface area is 68.9 Å². The van der Waals surface area contributed by atoms with Crippen molar-refractivity contribution >= 4 is 11.9 Å². The van der Waals surface area contributed by atoms with Crippen molar-refractivity contribution in [2.75, 3.05) is 13.2 Å². The van der Waals surface area contributed by atoms with Crippen LogP contribution in [0.25, 0.3) is 0 Å². The van der Waals surface area contributed by atoms with Gasteiger partial charge in [0.05, 0.1) is 12.8 Å². The number of urea groups is 1. The van der Waals surface area contributed by atoms with Crippen molar-refractivity contribution in [3.63, 3.8) is 0 Å². The molecule has 0 bridgehead atoms. The molecule has 4 N–H and O–H groups in total. The van der Waals surface area contributed by atoms with Gasteiger partial charge in [0.15, 0.2) is 0 Å². The summed E-state index contributed by atoms with van der Waals surface area (Å²) in [6, 6.07) is -0.966. The van der Waals surface area contributed by atoms with Crippen molar-refractivity contribution in [3.05, 3.63) is 12.3 Å². The summed E-state index contributed by atoms with van der Waals surface area (Å²) in [5.74, 6) is -0.805. The van der Waals surface area contributed by atoms with E-state index in [1.807, 2.05) is 0 Å². The third-order valence-corrected chi connectivity index (χ3v) is 1.10. The van der Waals surface area contributed by atoms with Crippen molar-refractivity contribution in [2.45, 2.75) is 0 Å². The number of imide groups is 1. The molecule has 0 saturated carbocycles. The maximum atomic E-state index is 10.7. The van der Waals surface area contributed by atoms with Crippen molar-refractivity contribution in [3.8, 4) is 0 Å². The van der Waals surface area contributed by atoms with E-state index >= 15 is 0 Å². The first-order valence-corrected chi connectivity index (χ1v) is 3.13. The molecule has 6 nitrogen and oxygen atoms in total. The molecule has 0 aromatic carbocycles. The van der Waals surface area contributed by atoms with Crippen LogP contribution in [0.3, 0.4) is 0 Å². The number of aliphatic hydroxyl groups is 2. The number of nitrogens with zero attached hydrogens (tertiary/aromatic N) is 1. The van der Waals surface area contributed by atoms with Gasteiger partial charge in [-0.1, -0.05) is 0 Å². The largest absolute Gasteiger partial charge is 0.516 e. The smallest absolute Gasteiger partial charge is 0.321 e. The van der Waals surface area contributed by atoms with Gasteiger partial charge in [0.2, 0.25) is 0 Å². The highest BCUT2D eigenvalue weighted by Gasteiger charge is 2.15. The van der Waals surface area contributed by atoms with Gasteiger partial charge in [-0.15, -0.1) is 0 Å². The third-order valence-electron chi connectivity index (χ3n) is 1.10. The van der Waals surface area contributed by atoms with E-state index < -0.39 is 18.5 Å². The van der Waals surface area contributed by atoms with E-state index in [1.54, 1.807) is 0 Å². The van der Waals surface area contributed by atoms with Gasteiger partial charge in [-0.3, -0.25) is 9.69 Å². The molecule has 0 heterocycles. The number of aliphatic hydroxyl groups excluding tert-OH is 2. The zero-order valence-electron chi connectivity index (χ0n) is 6.30. The Morgan fingerprint density at radius 1 is 1.50 bits per heavy atom. The fourth-order valence-electron chi connectivity index (χ4n) is 0.553. The molecule has 68 valence electrons. The predicted molar refractivity (Wildman–Crippen MR) is 40.2 cm³/mol. The average Bonchev–Trinajstić information content (AvgIpc) is 2.04. The highest BCUT2D eigenvalue weighted by atomic mass is 16.3. The molecule has 12 heavy (non-hydrogen) atoms. The van der Waals surface area contributed by atoms with Gasteiger partial charge in [0.25, 0.3) is 5.91 Å². The fraction of sp³-hybridized carbons (Fsp3) is 0.333. The fourth-order valence-corrected chi connectivity index (χ4v) is 0.553. The van der Waals surface area contributed by atoms with Crippen LogP contribution in [-0.2, 0) is 4.79 Å². The lowest BCUT2D eigenvalue weighted by atomic mass is 10.5. The third kappa shape index (κ3) is 3.02. The van der Waals surface area contributed by atoms with Gasteiger partial charge in [0, 0.05) is 0 Å². The molecule has 0 unspecified atom stereocenters. The van der Waals surface area contributed by atoms with Crippen LogP contribution in [0.15, 0.2) is 12.3 Å². The molecule has 0 aliphatic carbocycles. The molecule has 6 heteroatoms. The highest BCUT2D eigenvalue weighted by Crippen LogP contribution is 1.89. The van der Waals surface area contributed by atoms with E-state index in [2.05, 4.69) is 0 Å². The number of hydrogen-bond donors (Lipinski definition) is 3. The van der Waals surface area contributed by atoms with Gasteiger partial charge in [-0.2, -0.15) is 0 Å². The second-order valence-corrected chi connectivity index (χ2v) is 1.89. The molecule has 3 amide bonds. The van der Waals surface area contributed by atoms with Crippen LogP contribution in [0, 0.1) is 0 Å². The molecule has 0 aromatic heterocycles. The predicted octanol–water partition coefficient (Wildman–Crippen LogP) is -1.04. The number of nitrogens with two attached hydrogens (primary N) is 1. The normalized spacial score (nSPS) is 10.1. The van der Waals surface area contributed by atoms with Crippen LogP contribution < -0.4 is 5.73 Å². The van der Waals surface area contributed by atoms with Gasteiger partial charge >= 0.3 is 6.03 Å². The van der Waals surface area contributed by atoms with E-state index in [0.717, 1.165) is 6.08 Å². The van der Waals surface area contributed by atoms with Gasteiger partial charge in [-0.05, 0) is 6.08 Å². The summed E-state index contributed by atoms with van der Waals surface area (Å²) >= 11 is 0. The van der Waals surface area contributed by atoms with Gasteiger partial charge in [-0.25, -0.2) is 4.79 Å². The maximum absolute atomic E-state index is 10.7. The Morgan fingerprint density at radius 3 is 2.42 bits per heavy atom. The summed E-state index contributed by atoms with van der Waals surface area (Å²) in [5, 5.41) is 16.6. The van der Waals surface area contributed by atoms with Crippen LogP contribution in [0.1, 0.15) is 0 Å². The molecular weight excluding hydrogens is 164 g/mol. The molecular formula is C6H10N2O4. The molecule has 0 fully saturated rings. The number of rotatable bonds is 3. The standard InChI is InChI=1S/C6H10N2O4/c7-6(12)8(2-1-3-9)5(11)4-10/h1,3,9-10H,2,4H2,(H2,7,12).